The van der Waals surface area contributed by atoms with Crippen molar-refractivity contribution in [3.05, 3.63) is 35.9 Å². The molecule has 142 valence electrons. The van der Waals surface area contributed by atoms with E-state index in [9.17, 15) is 4.39 Å². The number of likely N-dealkylation sites (tertiary alicyclic amines) is 1. The minimum atomic E-state index is -0.334. The number of hydrogen-bond donors (Lipinski definition) is 2. The summed E-state index contributed by atoms with van der Waals surface area (Å²) >= 11 is 0. The van der Waals surface area contributed by atoms with Crippen molar-refractivity contribution in [2.45, 2.75) is 25.8 Å². The van der Waals surface area contributed by atoms with Gasteiger partial charge in [-0.3, -0.25) is 10.1 Å². The van der Waals surface area contributed by atoms with Crippen molar-refractivity contribution < 1.29 is 9.13 Å². The van der Waals surface area contributed by atoms with E-state index < -0.39 is 0 Å². The smallest absolute Gasteiger partial charge is 0.156 e. The number of nitrogens with one attached hydrogen (secondary N) is 2. The van der Waals surface area contributed by atoms with E-state index in [1.54, 1.807) is 26.3 Å². The number of fused-ring (bicyclic) bond motifs is 1. The molecular weight excluding hydrogens is 345 g/mol. The monoisotopic (exact) mass is 369 g/mol. The molecule has 1 aliphatic rings. The van der Waals surface area contributed by atoms with Crippen LogP contribution in [0.4, 0.5) is 10.2 Å². The maximum Gasteiger partial charge on any atom is 0.156 e. The van der Waals surface area contributed by atoms with Gasteiger partial charge in [0.1, 0.15) is 5.75 Å². The van der Waals surface area contributed by atoms with Gasteiger partial charge in [0.05, 0.1) is 18.3 Å². The molecule has 0 saturated carbocycles. The molecule has 0 amide bonds. The Labute approximate surface area is 157 Å². The SMILES string of the molecule is COc1cc2c(NC3CCN(C)CC3)n[nH]c2cc1-c1ccnc(C)c1F. The number of H-pyrrole nitrogens is 1. The Morgan fingerprint density at radius 3 is 2.78 bits per heavy atom. The fourth-order valence-electron chi connectivity index (χ4n) is 3.64. The van der Waals surface area contributed by atoms with Crippen LogP contribution in [0.2, 0.25) is 0 Å². The number of nitrogens with zero attached hydrogens (tertiary/aromatic N) is 3. The summed E-state index contributed by atoms with van der Waals surface area (Å²) in [6.07, 6.45) is 3.78. The molecule has 27 heavy (non-hydrogen) atoms. The molecule has 0 aliphatic carbocycles. The number of aromatic amines is 1. The maximum absolute atomic E-state index is 14.6. The molecule has 0 bridgehead atoms. The van der Waals surface area contributed by atoms with E-state index in [4.69, 9.17) is 4.74 Å². The average Bonchev–Trinajstić information content (AvgIpc) is 3.06. The summed E-state index contributed by atoms with van der Waals surface area (Å²) in [5.41, 5.74) is 2.36. The minimum absolute atomic E-state index is 0.334. The number of methoxy groups -OCH3 is 1. The molecule has 0 spiro atoms. The van der Waals surface area contributed by atoms with E-state index >= 15 is 0 Å². The lowest BCUT2D eigenvalue weighted by Gasteiger charge is -2.29. The zero-order chi connectivity index (χ0) is 19.0. The van der Waals surface area contributed by atoms with Crippen molar-refractivity contribution in [1.82, 2.24) is 20.1 Å². The number of aromatic nitrogens is 3. The molecule has 1 fully saturated rings. The largest absolute Gasteiger partial charge is 0.496 e. The number of hydrogen-bond acceptors (Lipinski definition) is 5. The first-order chi connectivity index (χ1) is 13.1. The molecule has 0 radical (unpaired) electrons. The summed E-state index contributed by atoms with van der Waals surface area (Å²) in [4.78, 5) is 6.34. The van der Waals surface area contributed by atoms with E-state index in [1.807, 2.05) is 12.1 Å². The molecule has 3 aromatic rings. The molecule has 0 atom stereocenters. The second-order valence-electron chi connectivity index (χ2n) is 7.15. The Kier molecular flexibility index (Phi) is 4.70. The van der Waals surface area contributed by atoms with E-state index in [0.29, 0.717) is 28.6 Å². The molecule has 1 aromatic carbocycles. The van der Waals surface area contributed by atoms with Crippen LogP contribution in [-0.4, -0.2) is 53.4 Å². The first kappa shape index (κ1) is 17.7. The van der Waals surface area contributed by atoms with E-state index in [2.05, 4.69) is 32.4 Å². The van der Waals surface area contributed by atoms with Crippen LogP contribution < -0.4 is 10.1 Å². The van der Waals surface area contributed by atoms with Crippen molar-refractivity contribution in [3.8, 4) is 16.9 Å². The van der Waals surface area contributed by atoms with Crippen molar-refractivity contribution in [3.63, 3.8) is 0 Å². The normalized spacial score (nSPS) is 16.0. The van der Waals surface area contributed by atoms with Gasteiger partial charge in [0.2, 0.25) is 0 Å². The first-order valence-corrected chi connectivity index (χ1v) is 9.19. The third-order valence-corrected chi connectivity index (χ3v) is 5.30. The van der Waals surface area contributed by atoms with Crippen LogP contribution in [0.15, 0.2) is 24.4 Å². The highest BCUT2D eigenvalue weighted by atomic mass is 19.1. The number of anilines is 1. The lowest BCUT2D eigenvalue weighted by Crippen LogP contribution is -2.36. The second-order valence-corrected chi connectivity index (χ2v) is 7.15. The van der Waals surface area contributed by atoms with Crippen molar-refractivity contribution >= 4 is 16.7 Å². The highest BCUT2D eigenvalue weighted by Crippen LogP contribution is 2.37. The number of ether oxygens (including phenoxy) is 1. The van der Waals surface area contributed by atoms with Gasteiger partial charge in [-0.05, 0) is 58.1 Å². The Bertz CT molecular complexity index is 962. The zero-order valence-electron chi connectivity index (χ0n) is 15.8. The Hall–Kier alpha value is -2.67. The highest BCUT2D eigenvalue weighted by Gasteiger charge is 2.20. The van der Waals surface area contributed by atoms with Gasteiger partial charge < -0.3 is 15.0 Å². The number of aryl methyl sites for hydroxylation is 1. The summed E-state index contributed by atoms with van der Waals surface area (Å²) in [6.45, 7) is 3.81. The summed E-state index contributed by atoms with van der Waals surface area (Å²) in [5.74, 6) is 1.09. The molecule has 3 heterocycles. The van der Waals surface area contributed by atoms with Crippen molar-refractivity contribution in [2.24, 2.45) is 0 Å². The van der Waals surface area contributed by atoms with Crippen LogP contribution in [-0.2, 0) is 0 Å². The fourth-order valence-corrected chi connectivity index (χ4v) is 3.64. The third-order valence-electron chi connectivity index (χ3n) is 5.30. The van der Waals surface area contributed by atoms with Gasteiger partial charge in [-0.2, -0.15) is 5.10 Å². The minimum Gasteiger partial charge on any atom is -0.496 e. The van der Waals surface area contributed by atoms with Gasteiger partial charge in [0.15, 0.2) is 11.6 Å². The van der Waals surface area contributed by atoms with Gasteiger partial charge in [-0.15, -0.1) is 0 Å². The number of halogens is 1. The van der Waals surface area contributed by atoms with Gasteiger partial charge >= 0.3 is 0 Å². The lowest BCUT2D eigenvalue weighted by atomic mass is 10.0. The molecule has 4 rings (SSSR count). The van der Waals surface area contributed by atoms with Gasteiger partial charge in [-0.25, -0.2) is 4.39 Å². The number of benzene rings is 1. The lowest BCUT2D eigenvalue weighted by molar-refractivity contribution is 0.263. The number of rotatable bonds is 4. The molecule has 6 nitrogen and oxygen atoms in total. The predicted octanol–water partition coefficient (Wildman–Crippen LogP) is 3.59. The van der Waals surface area contributed by atoms with E-state index in [-0.39, 0.29) is 5.82 Å². The maximum atomic E-state index is 14.6. The molecule has 2 N–H and O–H groups in total. The fraction of sp³-hybridized carbons (Fsp3) is 0.400. The Morgan fingerprint density at radius 2 is 2.04 bits per heavy atom. The van der Waals surface area contributed by atoms with E-state index in [1.165, 1.54) is 0 Å². The van der Waals surface area contributed by atoms with Gasteiger partial charge in [0.25, 0.3) is 0 Å². The summed E-state index contributed by atoms with van der Waals surface area (Å²) in [5, 5.41) is 12.0. The molecule has 1 aliphatic heterocycles. The summed E-state index contributed by atoms with van der Waals surface area (Å²) < 4.78 is 20.2. The van der Waals surface area contributed by atoms with Crippen molar-refractivity contribution in [2.75, 3.05) is 32.6 Å². The van der Waals surface area contributed by atoms with Crippen LogP contribution in [0.3, 0.4) is 0 Å². The predicted molar refractivity (Wildman–Crippen MR) is 105 cm³/mol. The Morgan fingerprint density at radius 1 is 1.26 bits per heavy atom. The van der Waals surface area contributed by atoms with Gasteiger partial charge in [-0.1, -0.05) is 0 Å². The standard InChI is InChI=1S/C20H24FN5O/c1-12-19(21)14(4-7-22-12)15-10-17-16(11-18(15)27-3)20(25-24-17)23-13-5-8-26(2)9-6-13/h4,7,10-11,13H,5-6,8-9H2,1-3H3,(H2,23,24,25). The number of piperidine rings is 1. The highest BCUT2D eigenvalue weighted by molar-refractivity contribution is 5.95. The van der Waals surface area contributed by atoms with Crippen LogP contribution in [0.1, 0.15) is 18.5 Å². The van der Waals surface area contributed by atoms with Crippen LogP contribution in [0.5, 0.6) is 5.75 Å². The quantitative estimate of drug-likeness (QED) is 0.736. The van der Waals surface area contributed by atoms with Crippen molar-refractivity contribution in [1.29, 1.82) is 0 Å². The third kappa shape index (κ3) is 3.35. The van der Waals surface area contributed by atoms with Crippen LogP contribution >= 0.6 is 0 Å². The van der Waals surface area contributed by atoms with E-state index in [0.717, 1.165) is 42.7 Å². The second kappa shape index (κ2) is 7.15. The molecule has 2 aromatic heterocycles. The number of pyridine rings is 1. The summed E-state index contributed by atoms with van der Waals surface area (Å²) in [7, 11) is 3.74. The van der Waals surface area contributed by atoms with Gasteiger partial charge in [0, 0.05) is 28.8 Å². The molecule has 0 unspecified atom stereocenters. The topological polar surface area (TPSA) is 66.1 Å². The zero-order valence-corrected chi connectivity index (χ0v) is 15.8. The van der Waals surface area contributed by atoms with Crippen LogP contribution in [0, 0.1) is 12.7 Å². The molecular formula is C20H24FN5O. The molecule has 1 saturated heterocycles. The summed E-state index contributed by atoms with van der Waals surface area (Å²) in [6, 6.07) is 5.87. The average molecular weight is 369 g/mol. The first-order valence-electron chi connectivity index (χ1n) is 9.19. The van der Waals surface area contributed by atoms with Crippen LogP contribution in [0.25, 0.3) is 22.0 Å². The molecule has 7 heteroatoms. The Balaban J connectivity index is 1.71.